The van der Waals surface area contributed by atoms with Gasteiger partial charge in [0.1, 0.15) is 0 Å². The minimum Gasteiger partial charge on any atom is -0.0925 e. The van der Waals surface area contributed by atoms with Crippen LogP contribution in [0, 0.1) is 0 Å². The van der Waals surface area contributed by atoms with Crippen LogP contribution in [0.2, 0.25) is 0 Å². The number of rotatable bonds is 6. The van der Waals surface area contributed by atoms with Gasteiger partial charge in [0.2, 0.25) is 0 Å². The average Bonchev–Trinajstić information content (AvgIpc) is 2.30. The summed E-state index contributed by atoms with van der Waals surface area (Å²) in [4.78, 5) is 0. The molecule has 0 unspecified atom stereocenters. The molecule has 1 heteroatoms. The van der Waals surface area contributed by atoms with E-state index < -0.39 is 0 Å². The van der Waals surface area contributed by atoms with Crippen LogP contribution in [0.15, 0.2) is 36.4 Å². The fraction of sp³-hybridized carbons (Fsp3) is 0.429. The van der Waals surface area contributed by atoms with E-state index in [1.165, 1.54) is 30.4 Å². The average molecular weight is 267 g/mol. The van der Waals surface area contributed by atoms with Crippen molar-refractivity contribution in [3.63, 3.8) is 0 Å². The lowest BCUT2D eigenvalue weighted by atomic mass is 9.99. The van der Waals surface area contributed by atoms with Crippen LogP contribution in [-0.4, -0.2) is 5.33 Å². The number of benzene rings is 1. The third-order valence-electron chi connectivity index (χ3n) is 2.44. The van der Waals surface area contributed by atoms with Crippen molar-refractivity contribution < 1.29 is 0 Å². The van der Waals surface area contributed by atoms with Crippen LogP contribution in [0.1, 0.15) is 38.2 Å². The molecule has 0 saturated heterocycles. The van der Waals surface area contributed by atoms with E-state index in [0.29, 0.717) is 0 Å². The highest BCUT2D eigenvalue weighted by Crippen LogP contribution is 2.21. The molecule has 0 aliphatic rings. The molecular formula is C14H19Br. The zero-order chi connectivity index (χ0) is 10.9. The molecule has 0 fully saturated rings. The van der Waals surface area contributed by atoms with E-state index in [1.54, 1.807) is 0 Å². The fourth-order valence-electron chi connectivity index (χ4n) is 1.61. The van der Waals surface area contributed by atoms with Crippen molar-refractivity contribution in [2.75, 3.05) is 5.33 Å². The molecule has 82 valence electrons. The highest BCUT2D eigenvalue weighted by Gasteiger charge is 1.99. The Kier molecular flexibility index (Phi) is 6.42. The van der Waals surface area contributed by atoms with Crippen LogP contribution in [0.4, 0.5) is 0 Å². The molecule has 15 heavy (non-hydrogen) atoms. The first-order chi connectivity index (χ1) is 7.38. The molecule has 1 rings (SSSR count). The minimum absolute atomic E-state index is 1.05. The molecule has 0 saturated carbocycles. The second kappa shape index (κ2) is 7.70. The molecule has 0 N–H and O–H groups in total. The first kappa shape index (κ1) is 12.5. The van der Waals surface area contributed by atoms with E-state index in [-0.39, 0.29) is 0 Å². The topological polar surface area (TPSA) is 0 Å². The number of halogens is 1. The summed E-state index contributed by atoms with van der Waals surface area (Å²) in [6, 6.07) is 10.7. The molecule has 0 nitrogen and oxygen atoms in total. The van der Waals surface area contributed by atoms with Crippen LogP contribution in [0.25, 0.3) is 5.57 Å². The first-order valence-electron chi connectivity index (χ1n) is 5.69. The molecule has 0 radical (unpaired) electrons. The monoisotopic (exact) mass is 266 g/mol. The maximum atomic E-state index is 3.47. The highest BCUT2D eigenvalue weighted by atomic mass is 79.9. The van der Waals surface area contributed by atoms with E-state index in [2.05, 4.69) is 59.3 Å². The maximum absolute atomic E-state index is 3.47. The third-order valence-corrected chi connectivity index (χ3v) is 2.90. The van der Waals surface area contributed by atoms with Gasteiger partial charge in [-0.2, -0.15) is 0 Å². The van der Waals surface area contributed by atoms with Crippen molar-refractivity contribution in [1.82, 2.24) is 0 Å². The zero-order valence-electron chi connectivity index (χ0n) is 9.38. The molecule has 0 aromatic heterocycles. The van der Waals surface area contributed by atoms with Gasteiger partial charge in [-0.15, -0.1) is 0 Å². The predicted molar refractivity (Wildman–Crippen MR) is 72.4 cm³/mol. The van der Waals surface area contributed by atoms with E-state index >= 15 is 0 Å². The number of unbranched alkanes of at least 4 members (excludes halogenated alkanes) is 1. The van der Waals surface area contributed by atoms with Crippen molar-refractivity contribution in [1.29, 1.82) is 0 Å². The highest BCUT2D eigenvalue weighted by molar-refractivity contribution is 9.09. The predicted octanol–water partition coefficient (Wildman–Crippen LogP) is 5.05. The SMILES string of the molecule is CCCC/C(=C\CCBr)c1ccccc1. The van der Waals surface area contributed by atoms with Gasteiger partial charge >= 0.3 is 0 Å². The molecule has 1 aromatic rings. The second-order valence-electron chi connectivity index (χ2n) is 3.68. The van der Waals surface area contributed by atoms with Gasteiger partial charge in [0.15, 0.2) is 0 Å². The molecule has 0 aliphatic carbocycles. The van der Waals surface area contributed by atoms with Crippen molar-refractivity contribution in [3.05, 3.63) is 42.0 Å². The zero-order valence-corrected chi connectivity index (χ0v) is 11.0. The summed E-state index contributed by atoms with van der Waals surface area (Å²) >= 11 is 3.47. The fourth-order valence-corrected chi connectivity index (χ4v) is 1.84. The second-order valence-corrected chi connectivity index (χ2v) is 4.47. The lowest BCUT2D eigenvalue weighted by Crippen LogP contribution is -1.85. The van der Waals surface area contributed by atoms with Gasteiger partial charge in [-0.25, -0.2) is 0 Å². The van der Waals surface area contributed by atoms with Crippen LogP contribution in [0.3, 0.4) is 0 Å². The van der Waals surface area contributed by atoms with Crippen molar-refractivity contribution >= 4 is 21.5 Å². The van der Waals surface area contributed by atoms with E-state index in [0.717, 1.165) is 11.8 Å². The Morgan fingerprint density at radius 1 is 1.27 bits per heavy atom. The molecule has 0 heterocycles. The number of alkyl halides is 1. The smallest absolute Gasteiger partial charge is 0.00661 e. The standard InChI is InChI=1S/C14H19Br/c1-2-3-8-13(11-7-12-15)14-9-5-4-6-10-14/h4-6,9-11H,2-3,7-8,12H2,1H3/b13-11+. The van der Waals surface area contributed by atoms with Crippen molar-refractivity contribution in [3.8, 4) is 0 Å². The Balaban J connectivity index is 2.72. The molecule has 0 atom stereocenters. The van der Waals surface area contributed by atoms with Gasteiger partial charge in [-0.05, 0) is 30.4 Å². The van der Waals surface area contributed by atoms with Crippen molar-refractivity contribution in [2.45, 2.75) is 32.6 Å². The molecule has 1 aromatic carbocycles. The van der Waals surface area contributed by atoms with Gasteiger partial charge in [0, 0.05) is 5.33 Å². The van der Waals surface area contributed by atoms with Crippen LogP contribution < -0.4 is 0 Å². The van der Waals surface area contributed by atoms with Gasteiger partial charge in [0.05, 0.1) is 0 Å². The number of hydrogen-bond acceptors (Lipinski definition) is 0. The Labute approximate surface area is 102 Å². The third kappa shape index (κ3) is 4.65. The molecule has 0 spiro atoms. The minimum atomic E-state index is 1.05. The number of allylic oxidation sites excluding steroid dienone is 2. The molecule has 0 bridgehead atoms. The first-order valence-corrected chi connectivity index (χ1v) is 6.81. The Hall–Kier alpha value is -0.560. The van der Waals surface area contributed by atoms with Gasteiger partial charge in [-0.1, -0.05) is 65.7 Å². The Morgan fingerprint density at radius 3 is 2.60 bits per heavy atom. The molecular weight excluding hydrogens is 248 g/mol. The van der Waals surface area contributed by atoms with Crippen LogP contribution >= 0.6 is 15.9 Å². The van der Waals surface area contributed by atoms with E-state index in [4.69, 9.17) is 0 Å². The summed E-state index contributed by atoms with van der Waals surface area (Å²) in [5, 5.41) is 1.05. The summed E-state index contributed by atoms with van der Waals surface area (Å²) in [6.07, 6.45) is 7.22. The summed E-state index contributed by atoms with van der Waals surface area (Å²) in [6.45, 7) is 2.24. The van der Waals surface area contributed by atoms with Gasteiger partial charge in [0.25, 0.3) is 0 Å². The van der Waals surface area contributed by atoms with E-state index in [9.17, 15) is 0 Å². The van der Waals surface area contributed by atoms with Crippen molar-refractivity contribution in [2.24, 2.45) is 0 Å². The molecule has 0 amide bonds. The van der Waals surface area contributed by atoms with Gasteiger partial charge < -0.3 is 0 Å². The Bertz CT molecular complexity index is 287. The van der Waals surface area contributed by atoms with Crippen LogP contribution in [0.5, 0.6) is 0 Å². The summed E-state index contributed by atoms with van der Waals surface area (Å²) in [7, 11) is 0. The van der Waals surface area contributed by atoms with Gasteiger partial charge in [-0.3, -0.25) is 0 Å². The summed E-state index contributed by atoms with van der Waals surface area (Å²) < 4.78 is 0. The lowest BCUT2D eigenvalue weighted by Gasteiger charge is -2.07. The lowest BCUT2D eigenvalue weighted by molar-refractivity contribution is 0.822. The normalized spacial score (nSPS) is 11.7. The van der Waals surface area contributed by atoms with E-state index in [1.807, 2.05) is 0 Å². The molecule has 0 aliphatic heterocycles. The summed E-state index contributed by atoms with van der Waals surface area (Å²) in [5.41, 5.74) is 2.88. The largest absolute Gasteiger partial charge is 0.0925 e. The number of hydrogen-bond donors (Lipinski definition) is 0. The summed E-state index contributed by atoms with van der Waals surface area (Å²) in [5.74, 6) is 0. The quantitative estimate of drug-likeness (QED) is 0.633. The Morgan fingerprint density at radius 2 is 2.00 bits per heavy atom. The maximum Gasteiger partial charge on any atom is 0.00661 e. The van der Waals surface area contributed by atoms with Crippen LogP contribution in [-0.2, 0) is 0 Å².